The van der Waals surface area contributed by atoms with E-state index in [9.17, 15) is 0 Å². The monoisotopic (exact) mass is 169 g/mol. The lowest BCUT2D eigenvalue weighted by molar-refractivity contribution is 0.688. The molecule has 1 aliphatic heterocycles. The first-order valence-electron chi connectivity index (χ1n) is 4.23. The lowest BCUT2D eigenvalue weighted by Gasteiger charge is -2.09. The highest BCUT2D eigenvalue weighted by Gasteiger charge is 1.99. The van der Waals surface area contributed by atoms with Crippen LogP contribution < -0.4 is 16.6 Å². The molecule has 0 spiro atoms. The average Bonchev–Trinajstić information content (AvgIpc) is 2.14. The molecular weight excluding hydrogens is 154 g/mol. The second kappa shape index (κ2) is 5.54. The lowest BCUT2D eigenvalue weighted by Crippen LogP contribution is -2.38. The Labute approximate surface area is 72.1 Å². The summed E-state index contributed by atoms with van der Waals surface area (Å²) in [5.74, 6) is 0.898. The first kappa shape index (κ1) is 8.99. The van der Waals surface area contributed by atoms with Gasteiger partial charge in [-0.25, -0.2) is 0 Å². The number of amidine groups is 1. The molecule has 0 aromatic rings. The number of hydrogen-bond donors (Lipinski definition) is 3. The Morgan fingerprint density at radius 1 is 1.33 bits per heavy atom. The summed E-state index contributed by atoms with van der Waals surface area (Å²) in [4.78, 5) is 0. The van der Waals surface area contributed by atoms with E-state index in [1.165, 1.54) is 6.34 Å². The van der Waals surface area contributed by atoms with Gasteiger partial charge in [0.25, 0.3) is 0 Å². The smallest absolute Gasteiger partial charge is 0.143 e. The summed E-state index contributed by atoms with van der Waals surface area (Å²) < 4.78 is 0. The average molecular weight is 169 g/mol. The number of nitrogens with zero attached hydrogens (tertiary/aromatic N) is 2. The zero-order valence-corrected chi connectivity index (χ0v) is 7.08. The SMILES string of the molecule is NCCCCCC1=NN=CNN1. The number of unbranched alkanes of at least 4 members (excludes halogenated alkanes) is 2. The Bertz CT molecular complexity index is 175. The Kier molecular flexibility index (Phi) is 4.15. The van der Waals surface area contributed by atoms with Crippen LogP contribution in [0.5, 0.6) is 0 Å². The fourth-order valence-electron chi connectivity index (χ4n) is 0.994. The highest BCUT2D eigenvalue weighted by Crippen LogP contribution is 1.99. The normalized spacial score (nSPS) is 14.9. The Morgan fingerprint density at radius 3 is 2.92 bits per heavy atom. The summed E-state index contributed by atoms with van der Waals surface area (Å²) in [6.07, 6.45) is 5.80. The maximum Gasteiger partial charge on any atom is 0.143 e. The number of rotatable bonds is 5. The van der Waals surface area contributed by atoms with Gasteiger partial charge in [-0.2, -0.15) is 0 Å². The van der Waals surface area contributed by atoms with E-state index in [0.717, 1.165) is 38.1 Å². The minimum atomic E-state index is 0.774. The molecule has 0 bridgehead atoms. The van der Waals surface area contributed by atoms with E-state index in [-0.39, 0.29) is 0 Å². The van der Waals surface area contributed by atoms with Gasteiger partial charge in [-0.3, -0.25) is 10.9 Å². The molecule has 4 N–H and O–H groups in total. The summed E-state index contributed by atoms with van der Waals surface area (Å²) in [6.45, 7) is 0.774. The maximum absolute atomic E-state index is 5.37. The molecule has 0 unspecified atom stereocenters. The van der Waals surface area contributed by atoms with E-state index < -0.39 is 0 Å². The fourth-order valence-corrected chi connectivity index (χ4v) is 0.994. The third-order valence-electron chi connectivity index (χ3n) is 1.63. The molecule has 0 saturated carbocycles. The topological polar surface area (TPSA) is 74.8 Å². The van der Waals surface area contributed by atoms with Gasteiger partial charge in [0, 0.05) is 6.42 Å². The van der Waals surface area contributed by atoms with Gasteiger partial charge in [-0.1, -0.05) is 6.42 Å². The van der Waals surface area contributed by atoms with E-state index in [1.807, 2.05) is 0 Å². The van der Waals surface area contributed by atoms with Crippen molar-refractivity contribution in [2.75, 3.05) is 6.54 Å². The maximum atomic E-state index is 5.37. The van der Waals surface area contributed by atoms with Crippen LogP contribution in [-0.2, 0) is 0 Å². The van der Waals surface area contributed by atoms with E-state index in [0.29, 0.717) is 0 Å². The largest absolute Gasteiger partial charge is 0.330 e. The molecule has 0 saturated heterocycles. The summed E-state index contributed by atoms with van der Waals surface area (Å²) >= 11 is 0. The second-order valence-electron chi connectivity index (χ2n) is 2.66. The molecule has 5 nitrogen and oxygen atoms in total. The molecule has 0 fully saturated rings. The van der Waals surface area contributed by atoms with Crippen molar-refractivity contribution in [1.82, 2.24) is 10.9 Å². The molecule has 1 rings (SSSR count). The predicted molar refractivity (Wildman–Crippen MR) is 49.7 cm³/mol. The molecule has 0 aliphatic carbocycles. The van der Waals surface area contributed by atoms with Crippen LogP contribution in [0.2, 0.25) is 0 Å². The lowest BCUT2D eigenvalue weighted by atomic mass is 10.2. The summed E-state index contributed by atoms with van der Waals surface area (Å²) in [5, 5.41) is 7.63. The van der Waals surface area contributed by atoms with Crippen LogP contribution in [0.25, 0.3) is 0 Å². The van der Waals surface area contributed by atoms with Crippen molar-refractivity contribution >= 4 is 12.2 Å². The molecule has 1 aliphatic rings. The van der Waals surface area contributed by atoms with Crippen molar-refractivity contribution in [1.29, 1.82) is 0 Å². The fraction of sp³-hybridized carbons (Fsp3) is 0.714. The Balaban J connectivity index is 2.06. The van der Waals surface area contributed by atoms with Crippen LogP contribution in [0.15, 0.2) is 10.2 Å². The Hall–Kier alpha value is -1.10. The molecule has 0 aromatic carbocycles. The van der Waals surface area contributed by atoms with E-state index >= 15 is 0 Å². The summed E-state index contributed by atoms with van der Waals surface area (Å²) in [7, 11) is 0. The van der Waals surface area contributed by atoms with Crippen molar-refractivity contribution in [3.8, 4) is 0 Å². The van der Waals surface area contributed by atoms with Gasteiger partial charge >= 0.3 is 0 Å². The molecule has 68 valence electrons. The molecule has 1 heterocycles. The minimum absolute atomic E-state index is 0.774. The van der Waals surface area contributed by atoms with Crippen LogP contribution in [0.4, 0.5) is 0 Å². The molecular formula is C7H15N5. The first-order valence-corrected chi connectivity index (χ1v) is 4.23. The van der Waals surface area contributed by atoms with Gasteiger partial charge in [0.05, 0.1) is 0 Å². The van der Waals surface area contributed by atoms with Gasteiger partial charge in [-0.05, 0) is 19.4 Å². The summed E-state index contributed by atoms with van der Waals surface area (Å²) in [5.41, 5.74) is 11.1. The molecule has 0 atom stereocenters. The van der Waals surface area contributed by atoms with Gasteiger partial charge in [0.2, 0.25) is 0 Å². The van der Waals surface area contributed by atoms with Crippen molar-refractivity contribution < 1.29 is 0 Å². The van der Waals surface area contributed by atoms with Crippen LogP contribution in [-0.4, -0.2) is 18.7 Å². The van der Waals surface area contributed by atoms with Crippen LogP contribution in [0, 0.1) is 0 Å². The third kappa shape index (κ3) is 3.34. The third-order valence-corrected chi connectivity index (χ3v) is 1.63. The van der Waals surface area contributed by atoms with E-state index in [2.05, 4.69) is 21.1 Å². The van der Waals surface area contributed by atoms with Crippen LogP contribution in [0.1, 0.15) is 25.7 Å². The van der Waals surface area contributed by atoms with Gasteiger partial charge in [0.1, 0.15) is 12.2 Å². The number of nitrogens with one attached hydrogen (secondary N) is 2. The minimum Gasteiger partial charge on any atom is -0.330 e. The van der Waals surface area contributed by atoms with E-state index in [1.54, 1.807) is 0 Å². The van der Waals surface area contributed by atoms with Gasteiger partial charge in [-0.15, -0.1) is 10.2 Å². The molecule has 12 heavy (non-hydrogen) atoms. The number of nitrogens with two attached hydrogens (primary N) is 1. The van der Waals surface area contributed by atoms with Crippen molar-refractivity contribution in [2.45, 2.75) is 25.7 Å². The summed E-state index contributed by atoms with van der Waals surface area (Å²) in [6, 6.07) is 0. The predicted octanol–water partition coefficient (Wildman–Crippen LogP) is -0.0449. The molecule has 5 heteroatoms. The van der Waals surface area contributed by atoms with Crippen molar-refractivity contribution in [2.24, 2.45) is 15.9 Å². The Morgan fingerprint density at radius 2 is 2.25 bits per heavy atom. The highest BCUT2D eigenvalue weighted by molar-refractivity contribution is 5.84. The standard InChI is InChI=1S/C7H15N5/c8-5-3-1-2-4-7-11-9-6-10-12-7/h6H,1-5,8H2,(H,9,10)(H,11,12). The zero-order chi connectivity index (χ0) is 8.65. The number of hydrogen-bond acceptors (Lipinski definition) is 5. The molecule has 0 aromatic heterocycles. The highest BCUT2D eigenvalue weighted by atomic mass is 15.5. The quantitative estimate of drug-likeness (QED) is 0.505. The van der Waals surface area contributed by atoms with Gasteiger partial charge in [0.15, 0.2) is 0 Å². The van der Waals surface area contributed by atoms with Crippen LogP contribution >= 0.6 is 0 Å². The van der Waals surface area contributed by atoms with Crippen molar-refractivity contribution in [3.05, 3.63) is 0 Å². The van der Waals surface area contributed by atoms with Gasteiger partial charge < -0.3 is 5.73 Å². The first-order chi connectivity index (χ1) is 5.93. The van der Waals surface area contributed by atoms with E-state index in [4.69, 9.17) is 5.73 Å². The molecule has 0 radical (unpaired) electrons. The van der Waals surface area contributed by atoms with Crippen molar-refractivity contribution in [3.63, 3.8) is 0 Å². The number of hydrazine groups is 1. The van der Waals surface area contributed by atoms with Crippen LogP contribution in [0.3, 0.4) is 0 Å². The second-order valence-corrected chi connectivity index (χ2v) is 2.66. The zero-order valence-electron chi connectivity index (χ0n) is 7.08. The molecule has 0 amide bonds.